The molecule has 122 valence electrons. The van der Waals surface area contributed by atoms with Gasteiger partial charge >= 0.3 is 0 Å². The van der Waals surface area contributed by atoms with E-state index in [4.69, 9.17) is 9.72 Å². The molecule has 0 spiro atoms. The quantitative estimate of drug-likeness (QED) is 0.621. The second-order valence-corrected chi connectivity index (χ2v) is 7.57. The van der Waals surface area contributed by atoms with Crippen molar-refractivity contribution in [1.82, 2.24) is 4.98 Å². The third-order valence-corrected chi connectivity index (χ3v) is 5.11. The minimum absolute atomic E-state index is 0.380. The predicted molar refractivity (Wildman–Crippen MR) is 98.4 cm³/mol. The van der Waals surface area contributed by atoms with Crippen molar-refractivity contribution in [2.45, 2.75) is 39.7 Å². The lowest BCUT2D eigenvalue weighted by molar-refractivity contribution is 0.307. The number of benzene rings is 2. The van der Waals surface area contributed by atoms with E-state index in [0.717, 1.165) is 11.3 Å². The highest BCUT2D eigenvalue weighted by Crippen LogP contribution is 2.58. The van der Waals surface area contributed by atoms with Gasteiger partial charge in [0.2, 0.25) is 0 Å². The Morgan fingerprint density at radius 1 is 1.08 bits per heavy atom. The second-order valence-electron chi connectivity index (χ2n) is 7.57. The Balaban J connectivity index is 1.66. The summed E-state index contributed by atoms with van der Waals surface area (Å²) in [5, 5.41) is 1.19. The van der Waals surface area contributed by atoms with Crippen LogP contribution in [0.5, 0.6) is 5.75 Å². The van der Waals surface area contributed by atoms with Crippen molar-refractivity contribution >= 4 is 10.9 Å². The summed E-state index contributed by atoms with van der Waals surface area (Å²) in [5.41, 5.74) is 5.13. The first kappa shape index (κ1) is 15.2. The molecule has 2 heteroatoms. The Bertz CT molecular complexity index is 880. The van der Waals surface area contributed by atoms with Crippen LogP contribution in [0.15, 0.2) is 54.6 Å². The summed E-state index contributed by atoms with van der Waals surface area (Å²) in [7, 11) is 0. The summed E-state index contributed by atoms with van der Waals surface area (Å²) in [6.07, 6.45) is 1.22. The predicted octanol–water partition coefficient (Wildman–Crippen LogP) is 5.64. The maximum absolute atomic E-state index is 6.03. The number of ether oxygens (including phenoxy) is 1. The van der Waals surface area contributed by atoms with Gasteiger partial charge < -0.3 is 4.74 Å². The van der Waals surface area contributed by atoms with Crippen molar-refractivity contribution in [1.29, 1.82) is 0 Å². The molecule has 1 aromatic heterocycles. The molecule has 0 bridgehead atoms. The smallest absolute Gasteiger partial charge is 0.119 e. The van der Waals surface area contributed by atoms with Crippen LogP contribution in [0.2, 0.25) is 0 Å². The van der Waals surface area contributed by atoms with Crippen LogP contribution in [0.25, 0.3) is 10.9 Å². The fourth-order valence-electron chi connectivity index (χ4n) is 3.34. The van der Waals surface area contributed by atoms with Gasteiger partial charge in [-0.1, -0.05) is 49.7 Å². The van der Waals surface area contributed by atoms with Crippen LogP contribution in [-0.2, 0) is 6.61 Å². The van der Waals surface area contributed by atoms with E-state index >= 15 is 0 Å². The number of para-hydroxylation sites is 1. The molecule has 1 saturated carbocycles. The van der Waals surface area contributed by atoms with E-state index in [-0.39, 0.29) is 0 Å². The molecule has 4 rings (SSSR count). The van der Waals surface area contributed by atoms with Gasteiger partial charge in [0.1, 0.15) is 12.4 Å². The molecule has 24 heavy (non-hydrogen) atoms. The maximum atomic E-state index is 6.03. The van der Waals surface area contributed by atoms with Crippen molar-refractivity contribution in [3.8, 4) is 5.75 Å². The highest BCUT2D eigenvalue weighted by atomic mass is 16.5. The summed E-state index contributed by atoms with van der Waals surface area (Å²) in [5.74, 6) is 1.48. The van der Waals surface area contributed by atoms with Crippen LogP contribution in [0.3, 0.4) is 0 Å². The van der Waals surface area contributed by atoms with E-state index < -0.39 is 0 Å². The molecule has 2 nitrogen and oxygen atoms in total. The van der Waals surface area contributed by atoms with Crippen molar-refractivity contribution in [3.05, 3.63) is 71.4 Å². The molecule has 0 N–H and O–H groups in total. The molecule has 1 unspecified atom stereocenters. The number of aryl methyl sites for hydroxylation is 1. The Kier molecular flexibility index (Phi) is 3.56. The fraction of sp³-hybridized carbons (Fsp3) is 0.318. The van der Waals surface area contributed by atoms with Crippen LogP contribution in [-0.4, -0.2) is 4.98 Å². The first-order chi connectivity index (χ1) is 11.5. The molecule has 2 aromatic carbocycles. The molecule has 0 aliphatic heterocycles. The van der Waals surface area contributed by atoms with Gasteiger partial charge in [-0.25, -0.2) is 0 Å². The van der Waals surface area contributed by atoms with Gasteiger partial charge in [-0.2, -0.15) is 0 Å². The highest BCUT2D eigenvalue weighted by Gasteiger charge is 2.47. The molecule has 1 aliphatic rings. The third-order valence-electron chi connectivity index (χ3n) is 5.11. The van der Waals surface area contributed by atoms with E-state index in [1.54, 1.807) is 0 Å². The molecule has 1 heterocycles. The zero-order valence-electron chi connectivity index (χ0n) is 14.5. The lowest BCUT2D eigenvalue weighted by Crippen LogP contribution is -2.01. The Morgan fingerprint density at radius 3 is 2.50 bits per heavy atom. The van der Waals surface area contributed by atoms with Gasteiger partial charge in [0, 0.05) is 22.6 Å². The van der Waals surface area contributed by atoms with Crippen LogP contribution >= 0.6 is 0 Å². The van der Waals surface area contributed by atoms with Gasteiger partial charge in [0.05, 0.1) is 5.52 Å². The maximum Gasteiger partial charge on any atom is 0.119 e. The van der Waals surface area contributed by atoms with Crippen LogP contribution in [0.4, 0.5) is 0 Å². The first-order valence-electron chi connectivity index (χ1n) is 8.61. The van der Waals surface area contributed by atoms with Gasteiger partial charge in [0.15, 0.2) is 0 Å². The van der Waals surface area contributed by atoms with Crippen LogP contribution in [0, 0.1) is 12.3 Å². The van der Waals surface area contributed by atoms with Crippen molar-refractivity contribution in [3.63, 3.8) is 0 Å². The van der Waals surface area contributed by atoms with E-state index in [1.807, 2.05) is 12.1 Å². The molecule has 1 atom stereocenters. The zero-order valence-corrected chi connectivity index (χ0v) is 14.5. The Labute approximate surface area is 143 Å². The van der Waals surface area contributed by atoms with Crippen molar-refractivity contribution in [2.24, 2.45) is 5.41 Å². The topological polar surface area (TPSA) is 22.1 Å². The standard InChI is InChI=1S/C22H23NO/c1-15-8-10-17(11-9-15)24-14-16-12-21(19-13-22(19,2)3)23-20-7-5-4-6-18(16)20/h4-12,19H,13-14H2,1-3H3. The highest BCUT2D eigenvalue weighted by molar-refractivity contribution is 5.82. The lowest BCUT2D eigenvalue weighted by atomic mass is 10.0. The van der Waals surface area contributed by atoms with E-state index in [2.05, 4.69) is 63.2 Å². The van der Waals surface area contributed by atoms with E-state index in [1.165, 1.54) is 28.6 Å². The molecule has 0 radical (unpaired) electrons. The molecule has 1 fully saturated rings. The minimum Gasteiger partial charge on any atom is -0.489 e. The fourth-order valence-corrected chi connectivity index (χ4v) is 3.34. The van der Waals surface area contributed by atoms with E-state index in [0.29, 0.717) is 17.9 Å². The molecule has 0 saturated heterocycles. The Hall–Kier alpha value is -2.35. The summed E-state index contributed by atoms with van der Waals surface area (Å²) in [6, 6.07) is 18.8. The first-order valence-corrected chi connectivity index (χ1v) is 8.61. The van der Waals surface area contributed by atoms with E-state index in [9.17, 15) is 0 Å². The van der Waals surface area contributed by atoms with Gasteiger partial charge in [-0.05, 0) is 43.0 Å². The number of hydrogen-bond donors (Lipinski definition) is 0. The summed E-state index contributed by atoms with van der Waals surface area (Å²) >= 11 is 0. The summed E-state index contributed by atoms with van der Waals surface area (Å²) < 4.78 is 6.03. The number of pyridine rings is 1. The summed E-state index contributed by atoms with van der Waals surface area (Å²) in [4.78, 5) is 4.90. The number of aromatic nitrogens is 1. The molecule has 3 aromatic rings. The van der Waals surface area contributed by atoms with Crippen molar-refractivity contribution < 1.29 is 4.74 Å². The SMILES string of the molecule is Cc1ccc(OCc2cc(C3CC3(C)C)nc3ccccc23)cc1. The lowest BCUT2D eigenvalue weighted by Gasteiger charge is -2.12. The summed E-state index contributed by atoms with van der Waals surface area (Å²) in [6.45, 7) is 7.30. The van der Waals surface area contributed by atoms with Gasteiger partial charge in [-0.3, -0.25) is 4.98 Å². The average molecular weight is 317 g/mol. The van der Waals surface area contributed by atoms with Crippen LogP contribution in [0.1, 0.15) is 43.0 Å². The number of fused-ring (bicyclic) bond motifs is 1. The van der Waals surface area contributed by atoms with Crippen LogP contribution < -0.4 is 4.74 Å². The molecule has 1 aliphatic carbocycles. The second kappa shape index (κ2) is 5.62. The minimum atomic E-state index is 0.380. The normalized spacial score (nSPS) is 18.5. The average Bonchev–Trinajstić information content (AvgIpc) is 3.22. The molecule has 0 amide bonds. The molecular formula is C22H23NO. The third kappa shape index (κ3) is 2.89. The number of rotatable bonds is 4. The zero-order chi connectivity index (χ0) is 16.7. The van der Waals surface area contributed by atoms with Gasteiger partial charge in [-0.15, -0.1) is 0 Å². The number of hydrogen-bond acceptors (Lipinski definition) is 2. The van der Waals surface area contributed by atoms with Crippen molar-refractivity contribution in [2.75, 3.05) is 0 Å². The monoisotopic (exact) mass is 317 g/mol. The Morgan fingerprint density at radius 2 is 1.79 bits per heavy atom. The molecular weight excluding hydrogens is 294 g/mol. The van der Waals surface area contributed by atoms with Gasteiger partial charge in [0.25, 0.3) is 0 Å². The largest absolute Gasteiger partial charge is 0.489 e. The number of nitrogens with zero attached hydrogens (tertiary/aromatic N) is 1.